The van der Waals surface area contributed by atoms with Crippen molar-refractivity contribution >= 4 is 0 Å². The van der Waals surface area contributed by atoms with Gasteiger partial charge in [0.2, 0.25) is 0 Å². The number of hydrogen-bond donors (Lipinski definition) is 1. The zero-order valence-corrected chi connectivity index (χ0v) is 10.3. The molecule has 2 nitrogen and oxygen atoms in total. The lowest BCUT2D eigenvalue weighted by atomic mass is 10.2. The molecule has 0 fully saturated rings. The van der Waals surface area contributed by atoms with Crippen LogP contribution in [0.4, 0.5) is 4.39 Å². The van der Waals surface area contributed by atoms with Crippen molar-refractivity contribution in [1.82, 2.24) is 5.32 Å². The Labute approximate surface area is 102 Å². The normalized spacial score (nSPS) is 10.2. The Hall–Kier alpha value is -1.35. The summed E-state index contributed by atoms with van der Waals surface area (Å²) in [7, 11) is 0. The molecule has 17 heavy (non-hydrogen) atoms. The van der Waals surface area contributed by atoms with Gasteiger partial charge in [-0.3, -0.25) is 0 Å². The molecule has 0 atom stereocenters. The second-order valence-electron chi connectivity index (χ2n) is 3.85. The summed E-state index contributed by atoms with van der Waals surface area (Å²) in [5.41, 5.74) is 0.863. The molecule has 0 bridgehead atoms. The van der Waals surface area contributed by atoms with E-state index in [4.69, 9.17) is 4.74 Å². The first-order chi connectivity index (χ1) is 8.27. The largest absolute Gasteiger partial charge is 0.493 e. The molecule has 0 aliphatic rings. The molecule has 0 amide bonds. The SMILES string of the molecule is C=CCCOc1ccc(F)cc1CNCCC. The summed E-state index contributed by atoms with van der Waals surface area (Å²) >= 11 is 0. The molecular weight excluding hydrogens is 217 g/mol. The van der Waals surface area contributed by atoms with Crippen molar-refractivity contribution in [3.8, 4) is 5.75 Å². The highest BCUT2D eigenvalue weighted by atomic mass is 19.1. The summed E-state index contributed by atoms with van der Waals surface area (Å²) in [6.07, 6.45) is 3.65. The van der Waals surface area contributed by atoms with Crippen LogP contribution in [0.3, 0.4) is 0 Å². The van der Waals surface area contributed by atoms with Crippen LogP contribution in [0.25, 0.3) is 0 Å². The minimum absolute atomic E-state index is 0.227. The summed E-state index contributed by atoms with van der Waals surface area (Å²) < 4.78 is 18.7. The minimum atomic E-state index is -0.227. The molecule has 0 saturated heterocycles. The van der Waals surface area contributed by atoms with E-state index in [9.17, 15) is 4.39 Å². The van der Waals surface area contributed by atoms with Crippen LogP contribution in [0, 0.1) is 5.82 Å². The smallest absolute Gasteiger partial charge is 0.123 e. The summed E-state index contributed by atoms with van der Waals surface area (Å²) in [6.45, 7) is 7.87. The molecule has 0 aliphatic heterocycles. The Morgan fingerprint density at radius 3 is 3.00 bits per heavy atom. The minimum Gasteiger partial charge on any atom is -0.493 e. The fraction of sp³-hybridized carbons (Fsp3) is 0.429. The van der Waals surface area contributed by atoms with Gasteiger partial charge in [-0.2, -0.15) is 0 Å². The van der Waals surface area contributed by atoms with Gasteiger partial charge in [0.15, 0.2) is 0 Å². The predicted molar refractivity (Wildman–Crippen MR) is 68.7 cm³/mol. The van der Waals surface area contributed by atoms with Gasteiger partial charge >= 0.3 is 0 Å². The van der Waals surface area contributed by atoms with Crippen LogP contribution in [-0.4, -0.2) is 13.2 Å². The average Bonchev–Trinajstić information content (AvgIpc) is 2.32. The molecule has 0 spiro atoms. The Kier molecular flexibility index (Phi) is 6.33. The maximum Gasteiger partial charge on any atom is 0.123 e. The standard InChI is InChI=1S/C14H20FNO/c1-3-5-9-17-14-7-6-13(15)10-12(14)11-16-8-4-2/h3,6-7,10,16H,1,4-5,8-9,11H2,2H3. The van der Waals surface area contributed by atoms with Crippen LogP contribution < -0.4 is 10.1 Å². The Morgan fingerprint density at radius 2 is 2.29 bits per heavy atom. The van der Waals surface area contributed by atoms with Gasteiger partial charge in [-0.1, -0.05) is 13.0 Å². The van der Waals surface area contributed by atoms with Crippen LogP contribution in [0.5, 0.6) is 5.75 Å². The highest BCUT2D eigenvalue weighted by molar-refractivity contribution is 5.33. The first kappa shape index (κ1) is 13.7. The molecule has 0 saturated carbocycles. The van der Waals surface area contributed by atoms with Crippen molar-refractivity contribution in [2.75, 3.05) is 13.2 Å². The molecule has 1 aromatic carbocycles. The molecule has 0 heterocycles. The summed E-state index contributed by atoms with van der Waals surface area (Å²) in [6, 6.07) is 4.62. The van der Waals surface area contributed by atoms with Gasteiger partial charge in [0.25, 0.3) is 0 Å². The molecule has 0 aliphatic carbocycles. The number of nitrogens with one attached hydrogen (secondary N) is 1. The zero-order valence-electron chi connectivity index (χ0n) is 10.3. The van der Waals surface area contributed by atoms with Gasteiger partial charge in [-0.15, -0.1) is 6.58 Å². The molecule has 0 unspecified atom stereocenters. The van der Waals surface area contributed by atoms with Crippen LogP contribution in [0.15, 0.2) is 30.9 Å². The van der Waals surface area contributed by atoms with Crippen molar-refractivity contribution < 1.29 is 9.13 Å². The molecule has 3 heteroatoms. The molecule has 0 radical (unpaired) electrons. The summed E-state index contributed by atoms with van der Waals surface area (Å²) in [5, 5.41) is 3.24. The lowest BCUT2D eigenvalue weighted by Crippen LogP contribution is -2.15. The van der Waals surface area contributed by atoms with Gasteiger partial charge in [0.1, 0.15) is 11.6 Å². The molecule has 94 valence electrons. The van der Waals surface area contributed by atoms with Crippen molar-refractivity contribution in [3.63, 3.8) is 0 Å². The van der Waals surface area contributed by atoms with Gasteiger partial charge < -0.3 is 10.1 Å². The molecular formula is C14H20FNO. The summed E-state index contributed by atoms with van der Waals surface area (Å²) in [4.78, 5) is 0. The average molecular weight is 237 g/mol. The monoisotopic (exact) mass is 237 g/mol. The Bertz CT molecular complexity index is 352. The first-order valence-corrected chi connectivity index (χ1v) is 6.00. The fourth-order valence-corrected chi connectivity index (χ4v) is 1.48. The lowest BCUT2D eigenvalue weighted by molar-refractivity contribution is 0.320. The van der Waals surface area contributed by atoms with Gasteiger partial charge in [0.05, 0.1) is 6.61 Å². The molecule has 1 N–H and O–H groups in total. The van der Waals surface area contributed by atoms with E-state index in [0.717, 1.165) is 30.7 Å². The Morgan fingerprint density at radius 1 is 1.47 bits per heavy atom. The van der Waals surface area contributed by atoms with Crippen molar-refractivity contribution in [2.24, 2.45) is 0 Å². The van der Waals surface area contributed by atoms with E-state index in [1.54, 1.807) is 12.1 Å². The van der Waals surface area contributed by atoms with E-state index in [1.165, 1.54) is 12.1 Å². The van der Waals surface area contributed by atoms with Gasteiger partial charge in [0, 0.05) is 12.1 Å². The number of halogens is 1. The number of hydrogen-bond acceptors (Lipinski definition) is 2. The van der Waals surface area contributed by atoms with Crippen LogP contribution in [0.2, 0.25) is 0 Å². The van der Waals surface area contributed by atoms with Gasteiger partial charge in [-0.05, 0) is 37.6 Å². The highest BCUT2D eigenvalue weighted by Crippen LogP contribution is 2.19. The lowest BCUT2D eigenvalue weighted by Gasteiger charge is -2.11. The van der Waals surface area contributed by atoms with E-state index >= 15 is 0 Å². The molecule has 0 aromatic heterocycles. The van der Waals surface area contributed by atoms with Crippen LogP contribution in [-0.2, 0) is 6.54 Å². The Balaban J connectivity index is 2.62. The zero-order chi connectivity index (χ0) is 12.5. The van der Waals surface area contributed by atoms with Crippen molar-refractivity contribution in [3.05, 3.63) is 42.2 Å². The number of rotatable bonds is 8. The van der Waals surface area contributed by atoms with Crippen molar-refractivity contribution in [1.29, 1.82) is 0 Å². The van der Waals surface area contributed by atoms with Crippen molar-refractivity contribution in [2.45, 2.75) is 26.3 Å². The van der Waals surface area contributed by atoms with Crippen LogP contribution in [0.1, 0.15) is 25.3 Å². The predicted octanol–water partition coefficient (Wildman–Crippen LogP) is 3.28. The van der Waals surface area contributed by atoms with E-state index in [0.29, 0.717) is 13.2 Å². The third-order valence-electron chi connectivity index (χ3n) is 2.34. The molecule has 1 rings (SSSR count). The van der Waals surface area contributed by atoms with E-state index in [1.807, 2.05) is 0 Å². The summed E-state index contributed by atoms with van der Waals surface area (Å²) in [5.74, 6) is 0.520. The number of ether oxygens (including phenoxy) is 1. The second-order valence-corrected chi connectivity index (χ2v) is 3.85. The van der Waals surface area contributed by atoms with E-state index in [-0.39, 0.29) is 5.82 Å². The van der Waals surface area contributed by atoms with E-state index in [2.05, 4.69) is 18.8 Å². The second kappa shape index (κ2) is 7.85. The van der Waals surface area contributed by atoms with E-state index < -0.39 is 0 Å². The topological polar surface area (TPSA) is 21.3 Å². The fourth-order valence-electron chi connectivity index (χ4n) is 1.48. The quantitative estimate of drug-likeness (QED) is 0.553. The van der Waals surface area contributed by atoms with Crippen LogP contribution >= 0.6 is 0 Å². The first-order valence-electron chi connectivity index (χ1n) is 6.00. The maximum absolute atomic E-state index is 13.1. The maximum atomic E-state index is 13.1. The third-order valence-corrected chi connectivity index (χ3v) is 2.34. The third kappa shape index (κ3) is 5.00. The highest BCUT2D eigenvalue weighted by Gasteiger charge is 2.04. The van der Waals surface area contributed by atoms with Gasteiger partial charge in [-0.25, -0.2) is 4.39 Å². The number of benzene rings is 1. The molecule has 1 aromatic rings.